The molecule has 0 aliphatic heterocycles. The standard InChI is InChI=1S/C9H13N.C6H10O8/c1-10(2)8-9-6-4-3-5-7-9;7-1(3(9)5(11)12)2(8)4(10)6(13)14/h3-7H,8H2,1-2H3;1-4,7-10H,(H,11,12)(H,13,14). The maximum Gasteiger partial charge on any atom is 0.335 e. The second kappa shape index (κ2) is 10.7. The Bertz CT molecular complexity index is 483. The largest absolute Gasteiger partial charge is 0.479 e. The maximum absolute atomic E-state index is 10.1. The lowest BCUT2D eigenvalue weighted by Crippen LogP contribution is -2.49. The summed E-state index contributed by atoms with van der Waals surface area (Å²) in [7, 11) is 4.15. The minimum atomic E-state index is -2.36. The summed E-state index contributed by atoms with van der Waals surface area (Å²) < 4.78 is 0. The van der Waals surface area contributed by atoms with Crippen LogP contribution in [0.15, 0.2) is 30.3 Å². The van der Waals surface area contributed by atoms with E-state index in [1.54, 1.807) is 0 Å². The Morgan fingerprint density at radius 2 is 1.25 bits per heavy atom. The molecule has 0 spiro atoms. The van der Waals surface area contributed by atoms with Crippen molar-refractivity contribution in [2.75, 3.05) is 14.1 Å². The fourth-order valence-corrected chi connectivity index (χ4v) is 1.61. The van der Waals surface area contributed by atoms with Crippen LogP contribution in [0.3, 0.4) is 0 Å². The number of aliphatic carboxylic acids is 2. The van der Waals surface area contributed by atoms with Crippen molar-refractivity contribution in [3.05, 3.63) is 35.9 Å². The molecule has 0 aliphatic carbocycles. The summed E-state index contributed by atoms with van der Waals surface area (Å²) in [6, 6.07) is 10.5. The van der Waals surface area contributed by atoms with Gasteiger partial charge in [-0.25, -0.2) is 9.59 Å². The van der Waals surface area contributed by atoms with Crippen molar-refractivity contribution >= 4 is 11.9 Å². The highest BCUT2D eigenvalue weighted by Gasteiger charge is 2.37. The lowest BCUT2D eigenvalue weighted by Gasteiger charge is -2.21. The van der Waals surface area contributed by atoms with Gasteiger partial charge in [-0.3, -0.25) is 0 Å². The molecule has 6 N–H and O–H groups in total. The third-order valence-electron chi connectivity index (χ3n) is 2.84. The van der Waals surface area contributed by atoms with Crippen molar-refractivity contribution in [2.45, 2.75) is 31.0 Å². The highest BCUT2D eigenvalue weighted by molar-refractivity contribution is 5.75. The molecule has 1 aromatic rings. The number of aliphatic hydroxyl groups is 4. The van der Waals surface area contributed by atoms with E-state index in [4.69, 9.17) is 30.6 Å². The first kappa shape index (κ1) is 22.0. The monoisotopic (exact) mass is 345 g/mol. The van der Waals surface area contributed by atoms with Crippen molar-refractivity contribution in [1.29, 1.82) is 0 Å². The number of carboxylic acid groups (broad SMARTS) is 2. The van der Waals surface area contributed by atoms with E-state index in [0.717, 1.165) is 6.54 Å². The van der Waals surface area contributed by atoms with Gasteiger partial charge in [-0.05, 0) is 19.7 Å². The number of carboxylic acids is 2. The normalized spacial score (nSPS) is 15.6. The second-order valence-electron chi connectivity index (χ2n) is 5.27. The number of hydrogen-bond donors (Lipinski definition) is 6. The molecule has 0 aliphatic rings. The van der Waals surface area contributed by atoms with Crippen LogP contribution in [-0.2, 0) is 16.1 Å². The summed E-state index contributed by atoms with van der Waals surface area (Å²) in [6.07, 6.45) is -9.28. The highest BCUT2D eigenvalue weighted by Crippen LogP contribution is 2.05. The Hall–Kier alpha value is -2.04. The topological polar surface area (TPSA) is 159 Å². The van der Waals surface area contributed by atoms with Crippen LogP contribution in [0.1, 0.15) is 5.56 Å². The molecule has 0 fully saturated rings. The molecule has 0 bridgehead atoms. The van der Waals surface area contributed by atoms with Gasteiger partial charge in [-0.15, -0.1) is 0 Å². The molecule has 0 radical (unpaired) electrons. The van der Waals surface area contributed by atoms with E-state index in [9.17, 15) is 9.59 Å². The van der Waals surface area contributed by atoms with Crippen LogP contribution < -0.4 is 0 Å². The first-order valence-corrected chi connectivity index (χ1v) is 6.94. The Labute approximate surface area is 139 Å². The van der Waals surface area contributed by atoms with Crippen molar-refractivity contribution < 1.29 is 40.2 Å². The zero-order chi connectivity index (χ0) is 18.9. The smallest absolute Gasteiger partial charge is 0.335 e. The van der Waals surface area contributed by atoms with Crippen LogP contribution in [0.25, 0.3) is 0 Å². The number of hydrogen-bond acceptors (Lipinski definition) is 7. The second-order valence-corrected chi connectivity index (χ2v) is 5.27. The van der Waals surface area contributed by atoms with Crippen molar-refractivity contribution in [3.63, 3.8) is 0 Å². The van der Waals surface area contributed by atoms with Crippen LogP contribution in [0, 0.1) is 0 Å². The maximum atomic E-state index is 10.1. The molecule has 0 saturated carbocycles. The first-order valence-electron chi connectivity index (χ1n) is 6.94. The minimum absolute atomic E-state index is 1.03. The lowest BCUT2D eigenvalue weighted by molar-refractivity contribution is -0.172. The zero-order valence-electron chi connectivity index (χ0n) is 13.4. The van der Waals surface area contributed by atoms with Crippen LogP contribution in [0.2, 0.25) is 0 Å². The van der Waals surface area contributed by atoms with Gasteiger partial charge in [-0.2, -0.15) is 0 Å². The lowest BCUT2D eigenvalue weighted by atomic mass is 10.0. The molecule has 1 aromatic carbocycles. The van der Waals surface area contributed by atoms with Crippen LogP contribution in [-0.4, -0.2) is 86.0 Å². The number of nitrogens with zero attached hydrogens (tertiary/aromatic N) is 1. The van der Waals surface area contributed by atoms with Gasteiger partial charge < -0.3 is 35.5 Å². The minimum Gasteiger partial charge on any atom is -0.479 e. The van der Waals surface area contributed by atoms with Crippen LogP contribution in [0.5, 0.6) is 0 Å². The summed E-state index contributed by atoms with van der Waals surface area (Å²) >= 11 is 0. The molecular formula is C15H23NO8. The molecule has 9 nitrogen and oxygen atoms in total. The van der Waals surface area contributed by atoms with E-state index < -0.39 is 36.4 Å². The average Bonchev–Trinajstić information content (AvgIpc) is 2.52. The third-order valence-corrected chi connectivity index (χ3v) is 2.84. The van der Waals surface area contributed by atoms with E-state index in [-0.39, 0.29) is 0 Å². The average molecular weight is 345 g/mol. The number of carbonyl (C=O) groups is 2. The Morgan fingerprint density at radius 1 is 0.875 bits per heavy atom. The van der Waals surface area contributed by atoms with Crippen LogP contribution >= 0.6 is 0 Å². The Kier molecular flexibility index (Phi) is 9.77. The fourth-order valence-electron chi connectivity index (χ4n) is 1.61. The van der Waals surface area contributed by atoms with Gasteiger partial charge in [0.15, 0.2) is 12.2 Å². The van der Waals surface area contributed by atoms with Gasteiger partial charge in [0.1, 0.15) is 12.2 Å². The quantitative estimate of drug-likeness (QED) is 0.340. The van der Waals surface area contributed by atoms with E-state index >= 15 is 0 Å². The van der Waals surface area contributed by atoms with Gasteiger partial charge in [0.25, 0.3) is 0 Å². The van der Waals surface area contributed by atoms with E-state index in [1.807, 2.05) is 6.07 Å². The van der Waals surface area contributed by atoms with Gasteiger partial charge >= 0.3 is 11.9 Å². The molecule has 4 unspecified atom stereocenters. The molecule has 0 heterocycles. The fraction of sp³-hybridized carbons (Fsp3) is 0.467. The number of rotatable bonds is 7. The molecule has 136 valence electrons. The first-order chi connectivity index (χ1) is 11.1. The predicted octanol–water partition coefficient (Wildman–Crippen LogP) is -1.65. The Morgan fingerprint density at radius 3 is 1.54 bits per heavy atom. The van der Waals surface area contributed by atoms with Gasteiger partial charge in [0.05, 0.1) is 0 Å². The summed E-state index contributed by atoms with van der Waals surface area (Å²) in [5.41, 5.74) is 1.37. The van der Waals surface area contributed by atoms with Gasteiger partial charge in [-0.1, -0.05) is 30.3 Å². The molecule has 4 atom stereocenters. The SMILES string of the molecule is CN(C)Cc1ccccc1.O=C(O)C(O)C(O)C(O)C(O)C(=O)O. The Balaban J connectivity index is 0.000000463. The molecule has 24 heavy (non-hydrogen) atoms. The predicted molar refractivity (Wildman–Crippen MR) is 83.1 cm³/mol. The van der Waals surface area contributed by atoms with E-state index in [1.165, 1.54) is 5.56 Å². The molecule has 0 amide bonds. The molecule has 0 aromatic heterocycles. The van der Waals surface area contributed by atoms with Crippen molar-refractivity contribution in [3.8, 4) is 0 Å². The van der Waals surface area contributed by atoms with Crippen molar-refractivity contribution in [1.82, 2.24) is 4.90 Å². The zero-order valence-corrected chi connectivity index (χ0v) is 13.4. The van der Waals surface area contributed by atoms with E-state index in [2.05, 4.69) is 43.3 Å². The summed E-state index contributed by atoms with van der Waals surface area (Å²) in [6.45, 7) is 1.03. The van der Waals surface area contributed by atoms with Crippen molar-refractivity contribution in [2.24, 2.45) is 0 Å². The highest BCUT2D eigenvalue weighted by atomic mass is 16.4. The molecule has 1 rings (SSSR count). The van der Waals surface area contributed by atoms with Gasteiger partial charge in [0.2, 0.25) is 0 Å². The summed E-state index contributed by atoms with van der Waals surface area (Å²) in [4.78, 5) is 22.3. The van der Waals surface area contributed by atoms with Crippen LogP contribution in [0.4, 0.5) is 0 Å². The van der Waals surface area contributed by atoms with E-state index in [0.29, 0.717) is 0 Å². The summed E-state index contributed by atoms with van der Waals surface area (Å²) in [5.74, 6) is -3.68. The molecule has 0 saturated heterocycles. The molecule has 9 heteroatoms. The number of benzene rings is 1. The van der Waals surface area contributed by atoms with Gasteiger partial charge in [0, 0.05) is 6.54 Å². The third kappa shape index (κ3) is 7.99. The molecular weight excluding hydrogens is 322 g/mol. The number of aliphatic hydroxyl groups excluding tert-OH is 4. The summed E-state index contributed by atoms with van der Waals surface area (Å²) in [5, 5.41) is 51.5.